The maximum atomic E-state index is 10.5. The minimum atomic E-state index is -1.09. The second-order valence-corrected chi connectivity index (χ2v) is 2.25. The largest absolute Gasteiger partial charge is 0.517 e. The van der Waals surface area contributed by atoms with Crippen LogP contribution in [0.15, 0.2) is 0 Å². The highest BCUT2D eigenvalue weighted by Crippen LogP contribution is 2.19. The van der Waals surface area contributed by atoms with E-state index in [0.717, 1.165) is 0 Å². The molecule has 0 aromatic rings. The van der Waals surface area contributed by atoms with E-state index in [-0.39, 0.29) is 0 Å². The minimum absolute atomic E-state index is 0.632. The summed E-state index contributed by atoms with van der Waals surface area (Å²) in [4.78, 5) is 20.7. The highest BCUT2D eigenvalue weighted by molar-refractivity contribution is 5.93. The lowest BCUT2D eigenvalue weighted by Crippen LogP contribution is -2.27. The summed E-state index contributed by atoms with van der Waals surface area (Å²) in [5.74, 6) is -0.632. The van der Waals surface area contributed by atoms with E-state index in [1.54, 1.807) is 0 Å². The predicted molar refractivity (Wildman–Crippen MR) is 26.7 cm³/mol. The topological polar surface area (TPSA) is 52.6 Å². The Hall–Kier alpha value is -1.06. The average Bonchev–Trinajstić information content (AvgIpc) is 1.79. The van der Waals surface area contributed by atoms with Crippen LogP contribution in [-0.2, 0) is 14.3 Å². The molecule has 4 nitrogen and oxygen atoms in total. The molecule has 1 rings (SSSR count). The van der Waals surface area contributed by atoms with Gasteiger partial charge in [-0.2, -0.15) is 0 Å². The Morgan fingerprint density at radius 2 is 1.89 bits per heavy atom. The van der Waals surface area contributed by atoms with Gasteiger partial charge in [-0.05, 0) is 13.8 Å². The zero-order valence-electron chi connectivity index (χ0n) is 5.13. The van der Waals surface area contributed by atoms with Gasteiger partial charge in [-0.3, -0.25) is 0 Å². The fourth-order valence-corrected chi connectivity index (χ4v) is 0.469. The van der Waals surface area contributed by atoms with E-state index in [1.165, 1.54) is 13.8 Å². The molecule has 0 spiro atoms. The van der Waals surface area contributed by atoms with Crippen molar-refractivity contribution in [1.29, 1.82) is 0 Å². The quantitative estimate of drug-likeness (QED) is 0.353. The molecule has 0 saturated carbocycles. The van der Waals surface area contributed by atoms with Crippen LogP contribution in [0, 0.1) is 0 Å². The van der Waals surface area contributed by atoms with Gasteiger partial charge in [-0.25, -0.2) is 9.59 Å². The smallest absolute Gasteiger partial charge is 0.416 e. The summed E-state index contributed by atoms with van der Waals surface area (Å²) in [6.07, 6.45) is -0.912. The van der Waals surface area contributed by atoms with Crippen LogP contribution in [0.3, 0.4) is 0 Å². The van der Waals surface area contributed by atoms with Crippen LogP contribution in [0.2, 0.25) is 0 Å². The number of hydrogen-bond donors (Lipinski definition) is 0. The lowest BCUT2D eigenvalue weighted by atomic mass is 10.1. The van der Waals surface area contributed by atoms with Gasteiger partial charge in [-0.1, -0.05) is 0 Å². The van der Waals surface area contributed by atoms with E-state index in [0.29, 0.717) is 0 Å². The van der Waals surface area contributed by atoms with Crippen LogP contribution in [0.4, 0.5) is 4.79 Å². The van der Waals surface area contributed by atoms with Crippen molar-refractivity contribution in [2.75, 3.05) is 0 Å². The molecule has 0 radical (unpaired) electrons. The number of carbonyl (C=O) groups is 2. The molecule has 9 heavy (non-hydrogen) atoms. The molecule has 0 bridgehead atoms. The Bertz CT molecular complexity index is 170. The fraction of sp³-hybridized carbons (Fsp3) is 0.600. The van der Waals surface area contributed by atoms with Crippen molar-refractivity contribution in [3.63, 3.8) is 0 Å². The van der Waals surface area contributed by atoms with Gasteiger partial charge in [0, 0.05) is 0 Å². The van der Waals surface area contributed by atoms with Gasteiger partial charge in [0.2, 0.25) is 5.60 Å². The second kappa shape index (κ2) is 1.46. The molecule has 4 heteroatoms. The summed E-state index contributed by atoms with van der Waals surface area (Å²) in [6.45, 7) is 2.94. The number of rotatable bonds is 0. The van der Waals surface area contributed by atoms with E-state index in [9.17, 15) is 9.59 Å². The predicted octanol–water partition coefficient (Wildman–Crippen LogP) is 0.458. The third-order valence-corrected chi connectivity index (χ3v) is 1.01. The number of cyclic esters (lactones) is 3. The third kappa shape index (κ3) is 0.872. The minimum Gasteiger partial charge on any atom is -0.416 e. The van der Waals surface area contributed by atoms with Crippen LogP contribution in [-0.4, -0.2) is 17.7 Å². The molecule has 0 unspecified atom stereocenters. The van der Waals surface area contributed by atoms with Gasteiger partial charge in [0.25, 0.3) is 0 Å². The highest BCUT2D eigenvalue weighted by Gasteiger charge is 2.43. The fourth-order valence-electron chi connectivity index (χ4n) is 0.469. The molecule has 0 amide bonds. The van der Waals surface area contributed by atoms with E-state index in [4.69, 9.17) is 0 Å². The third-order valence-electron chi connectivity index (χ3n) is 1.01. The molecule has 0 atom stereocenters. The van der Waals surface area contributed by atoms with Gasteiger partial charge in [0.1, 0.15) is 0 Å². The van der Waals surface area contributed by atoms with E-state index >= 15 is 0 Å². The molecule has 0 aromatic heterocycles. The average molecular weight is 130 g/mol. The Balaban J connectivity index is 2.81. The van der Waals surface area contributed by atoms with Gasteiger partial charge in [0.05, 0.1) is 0 Å². The summed E-state index contributed by atoms with van der Waals surface area (Å²) in [5, 5.41) is 0. The normalized spacial score (nSPS) is 23.3. The summed E-state index contributed by atoms with van der Waals surface area (Å²) >= 11 is 0. The van der Waals surface area contributed by atoms with Crippen LogP contribution in [0.1, 0.15) is 13.8 Å². The SMILES string of the molecule is CC1(C)OC(=O)OC1=O. The first kappa shape index (κ1) is 6.07. The van der Waals surface area contributed by atoms with Crippen molar-refractivity contribution >= 4 is 12.1 Å². The van der Waals surface area contributed by atoms with Crippen molar-refractivity contribution in [3.05, 3.63) is 0 Å². The summed E-state index contributed by atoms with van der Waals surface area (Å²) in [7, 11) is 0. The van der Waals surface area contributed by atoms with E-state index in [2.05, 4.69) is 9.47 Å². The Morgan fingerprint density at radius 3 is 2.00 bits per heavy atom. The molecule has 0 aliphatic carbocycles. The molecule has 1 saturated heterocycles. The van der Waals surface area contributed by atoms with Crippen molar-refractivity contribution in [1.82, 2.24) is 0 Å². The van der Waals surface area contributed by atoms with Crippen LogP contribution in [0.25, 0.3) is 0 Å². The van der Waals surface area contributed by atoms with Gasteiger partial charge < -0.3 is 9.47 Å². The van der Waals surface area contributed by atoms with E-state index in [1.807, 2.05) is 0 Å². The molecule has 50 valence electrons. The van der Waals surface area contributed by atoms with Gasteiger partial charge in [-0.15, -0.1) is 0 Å². The lowest BCUT2D eigenvalue weighted by Gasteiger charge is -2.07. The molecule has 1 heterocycles. The highest BCUT2D eigenvalue weighted by atomic mass is 16.8. The van der Waals surface area contributed by atoms with Crippen molar-refractivity contribution in [3.8, 4) is 0 Å². The summed E-state index contributed by atoms with van der Waals surface area (Å²) < 4.78 is 8.53. The molecule has 0 aromatic carbocycles. The Morgan fingerprint density at radius 1 is 1.33 bits per heavy atom. The zero-order chi connectivity index (χ0) is 7.07. The Labute approximate surface area is 51.7 Å². The number of hydrogen-bond acceptors (Lipinski definition) is 4. The molecular formula is C5H6O4. The van der Waals surface area contributed by atoms with E-state index < -0.39 is 17.7 Å². The molecular weight excluding hydrogens is 124 g/mol. The van der Waals surface area contributed by atoms with Crippen molar-refractivity contribution in [2.45, 2.75) is 19.4 Å². The van der Waals surface area contributed by atoms with Crippen molar-refractivity contribution in [2.24, 2.45) is 0 Å². The number of ether oxygens (including phenoxy) is 2. The first-order chi connectivity index (χ1) is 4.02. The zero-order valence-corrected chi connectivity index (χ0v) is 5.13. The second-order valence-electron chi connectivity index (χ2n) is 2.25. The molecule has 1 aliphatic rings. The van der Waals surface area contributed by atoms with Gasteiger partial charge >= 0.3 is 12.1 Å². The summed E-state index contributed by atoms with van der Waals surface area (Å²) in [6, 6.07) is 0. The monoisotopic (exact) mass is 130 g/mol. The molecule has 0 N–H and O–H groups in total. The number of carbonyl (C=O) groups excluding carboxylic acids is 2. The van der Waals surface area contributed by atoms with Crippen LogP contribution >= 0.6 is 0 Å². The maximum Gasteiger partial charge on any atom is 0.517 e. The first-order valence-corrected chi connectivity index (χ1v) is 2.47. The standard InChI is InChI=1S/C5H6O4/c1-5(2)3(6)8-4(7)9-5/h1-2H3. The Kier molecular flexibility index (Phi) is 0.986. The van der Waals surface area contributed by atoms with Crippen LogP contribution < -0.4 is 0 Å². The molecule has 1 aliphatic heterocycles. The van der Waals surface area contributed by atoms with Crippen LogP contribution in [0.5, 0.6) is 0 Å². The maximum absolute atomic E-state index is 10.5. The first-order valence-electron chi connectivity index (χ1n) is 2.47. The summed E-state index contributed by atoms with van der Waals surface area (Å²) in [5.41, 5.74) is -1.09. The lowest BCUT2D eigenvalue weighted by molar-refractivity contribution is -0.141. The van der Waals surface area contributed by atoms with Gasteiger partial charge in [0.15, 0.2) is 0 Å². The number of esters is 1. The molecule has 1 fully saturated rings. The van der Waals surface area contributed by atoms with Crippen molar-refractivity contribution < 1.29 is 19.1 Å².